The van der Waals surface area contributed by atoms with Gasteiger partial charge in [-0.1, -0.05) is 51.4 Å². The first-order chi connectivity index (χ1) is 21.9. The highest BCUT2D eigenvalue weighted by molar-refractivity contribution is 6.76. The molecule has 0 unspecified atom stereocenters. The number of ether oxygens (including phenoxy) is 3. The zero-order valence-electron chi connectivity index (χ0n) is 28.4. The van der Waals surface area contributed by atoms with Gasteiger partial charge in [0, 0.05) is 77.3 Å². The molecule has 0 aliphatic heterocycles. The van der Waals surface area contributed by atoms with E-state index >= 15 is 0 Å². The molecule has 0 amide bonds. The van der Waals surface area contributed by atoms with E-state index < -0.39 is 16.1 Å². The van der Waals surface area contributed by atoms with E-state index in [1.165, 1.54) is 0 Å². The van der Waals surface area contributed by atoms with Gasteiger partial charge in [0.25, 0.3) is 0 Å². The molecule has 10 nitrogen and oxygen atoms in total. The summed E-state index contributed by atoms with van der Waals surface area (Å²) in [6, 6.07) is 10.3. The number of carbonyl (C=O) groups excluding carboxylic acids is 1. The lowest BCUT2D eigenvalue weighted by molar-refractivity contribution is 0.0812. The predicted octanol–water partition coefficient (Wildman–Crippen LogP) is 7.40. The smallest absolute Gasteiger partial charge is 0.164 e. The minimum atomic E-state index is -1.27. The zero-order valence-corrected chi connectivity index (χ0v) is 30.4. The van der Waals surface area contributed by atoms with E-state index in [2.05, 4.69) is 61.0 Å². The van der Waals surface area contributed by atoms with Crippen molar-refractivity contribution in [3.05, 3.63) is 59.5 Å². The highest BCUT2D eigenvalue weighted by Crippen LogP contribution is 2.34. The number of rotatable bonds is 15. The number of pyridine rings is 2. The molecular weight excluding hydrogens is 613 g/mol. The predicted molar refractivity (Wildman–Crippen MR) is 189 cm³/mol. The topological polar surface area (TPSA) is 106 Å². The maximum atomic E-state index is 11.7. The van der Waals surface area contributed by atoms with Gasteiger partial charge in [-0.25, -0.2) is 14.6 Å². The Morgan fingerprint density at radius 2 is 1.65 bits per heavy atom. The SMILES string of the molecule is COCc1cccc2c1nc(-c1nn(COCC[Si](C)(C)C)c3ncc(-c4cncc(C=O)c4C)cc13)n2COCC[Si](C)(C)C. The van der Waals surface area contributed by atoms with Crippen molar-refractivity contribution in [2.45, 2.75) is 78.4 Å². The molecule has 0 radical (unpaired) electrons. The summed E-state index contributed by atoms with van der Waals surface area (Å²) < 4.78 is 21.9. The van der Waals surface area contributed by atoms with E-state index in [1.807, 2.05) is 29.9 Å². The van der Waals surface area contributed by atoms with E-state index in [4.69, 9.17) is 29.3 Å². The van der Waals surface area contributed by atoms with Crippen LogP contribution in [0.5, 0.6) is 0 Å². The average Bonchev–Trinajstić information content (AvgIpc) is 3.55. The molecule has 0 spiro atoms. The van der Waals surface area contributed by atoms with Gasteiger partial charge in [-0.15, -0.1) is 0 Å². The van der Waals surface area contributed by atoms with Crippen molar-refractivity contribution in [1.82, 2.24) is 29.3 Å². The summed E-state index contributed by atoms with van der Waals surface area (Å²) in [4.78, 5) is 26.1. The van der Waals surface area contributed by atoms with Gasteiger partial charge in [-0.3, -0.25) is 14.3 Å². The van der Waals surface area contributed by atoms with Crippen LogP contribution in [0, 0.1) is 6.92 Å². The molecule has 4 heterocycles. The number of para-hydroxylation sites is 1. The van der Waals surface area contributed by atoms with Crippen LogP contribution < -0.4 is 0 Å². The van der Waals surface area contributed by atoms with Crippen molar-refractivity contribution in [3.8, 4) is 22.6 Å². The minimum absolute atomic E-state index is 0.274. The lowest BCUT2D eigenvalue weighted by atomic mass is 10.0. The van der Waals surface area contributed by atoms with Gasteiger partial charge in [0.2, 0.25) is 0 Å². The highest BCUT2D eigenvalue weighted by Gasteiger charge is 2.23. The summed E-state index contributed by atoms with van der Waals surface area (Å²) in [6.07, 6.45) is 6.00. The molecule has 0 atom stereocenters. The van der Waals surface area contributed by atoms with Gasteiger partial charge in [0.1, 0.15) is 19.2 Å². The molecule has 46 heavy (non-hydrogen) atoms. The molecule has 0 bridgehead atoms. The van der Waals surface area contributed by atoms with Gasteiger partial charge >= 0.3 is 0 Å². The summed E-state index contributed by atoms with van der Waals surface area (Å²) in [5.74, 6) is 0.688. The lowest BCUT2D eigenvalue weighted by Gasteiger charge is -2.16. The molecule has 0 N–H and O–H groups in total. The van der Waals surface area contributed by atoms with E-state index in [1.54, 1.807) is 19.5 Å². The Hall–Kier alpha value is -3.56. The Morgan fingerprint density at radius 3 is 2.33 bits per heavy atom. The third-order valence-corrected chi connectivity index (χ3v) is 11.5. The normalized spacial score (nSPS) is 12.4. The number of hydrogen-bond donors (Lipinski definition) is 0. The summed E-state index contributed by atoms with van der Waals surface area (Å²) >= 11 is 0. The summed E-state index contributed by atoms with van der Waals surface area (Å²) in [6.45, 7) is 18.4. The minimum Gasteiger partial charge on any atom is -0.380 e. The standard InChI is InChI=1S/C34H46N6O4Si2/c1-24-27(20-41)17-35-19-29(24)26-16-28-32(38-40(33(28)36-18-26)23-44-13-15-46(6,7)8)34-37-31-25(21-42-2)10-9-11-30(31)39(34)22-43-12-14-45(3,4)5/h9-11,16-20H,12-15,21-23H2,1-8H3. The number of imidazole rings is 1. The second-order valence-electron chi connectivity index (χ2n) is 14.2. The molecule has 0 saturated heterocycles. The van der Waals surface area contributed by atoms with Gasteiger partial charge in [-0.2, -0.15) is 5.10 Å². The number of benzene rings is 1. The molecule has 0 fully saturated rings. The molecule has 0 aliphatic carbocycles. The van der Waals surface area contributed by atoms with E-state index in [9.17, 15) is 4.79 Å². The van der Waals surface area contributed by atoms with Crippen LogP contribution in [0.25, 0.3) is 44.7 Å². The van der Waals surface area contributed by atoms with Crippen LogP contribution in [0.4, 0.5) is 0 Å². The average molecular weight is 659 g/mol. The molecular formula is C34H46N6O4Si2. The van der Waals surface area contributed by atoms with Crippen molar-refractivity contribution in [3.63, 3.8) is 0 Å². The van der Waals surface area contributed by atoms with Crippen LogP contribution in [0.1, 0.15) is 21.5 Å². The van der Waals surface area contributed by atoms with Crippen LogP contribution >= 0.6 is 0 Å². The second kappa shape index (κ2) is 14.1. The molecule has 12 heteroatoms. The zero-order chi connectivity index (χ0) is 33.1. The molecule has 5 aromatic rings. The molecule has 4 aromatic heterocycles. The van der Waals surface area contributed by atoms with Crippen molar-refractivity contribution >= 4 is 44.5 Å². The molecule has 5 rings (SSSR count). The molecule has 1 aromatic carbocycles. The second-order valence-corrected chi connectivity index (χ2v) is 25.5. The van der Waals surface area contributed by atoms with Crippen LogP contribution in [-0.2, 0) is 34.3 Å². The maximum absolute atomic E-state index is 11.7. The Labute approximate surface area is 273 Å². The highest BCUT2D eigenvalue weighted by atomic mass is 28.3. The third-order valence-electron chi connectivity index (χ3n) is 8.08. The van der Waals surface area contributed by atoms with Crippen molar-refractivity contribution in [1.29, 1.82) is 0 Å². The van der Waals surface area contributed by atoms with Crippen LogP contribution in [-0.4, -0.2) is 72.1 Å². The quantitative estimate of drug-likeness (QED) is 0.0651. The number of fused-ring (bicyclic) bond motifs is 2. The summed E-state index contributed by atoms with van der Waals surface area (Å²) in [5, 5.41) is 5.92. The van der Waals surface area contributed by atoms with Crippen molar-refractivity contribution < 1.29 is 19.0 Å². The summed E-state index contributed by atoms with van der Waals surface area (Å²) in [7, 11) is -0.836. The fourth-order valence-electron chi connectivity index (χ4n) is 5.27. The van der Waals surface area contributed by atoms with Gasteiger partial charge in [0.05, 0.1) is 23.0 Å². The Kier molecular flexibility index (Phi) is 10.3. The number of nitrogens with zero attached hydrogens (tertiary/aromatic N) is 6. The van der Waals surface area contributed by atoms with Gasteiger partial charge < -0.3 is 14.2 Å². The Bertz CT molecular complexity index is 1840. The number of carbonyl (C=O) groups is 1. The Balaban J connectivity index is 1.66. The van der Waals surface area contributed by atoms with E-state index in [0.717, 1.165) is 57.0 Å². The number of aromatic nitrogens is 6. The number of aldehydes is 1. The van der Waals surface area contributed by atoms with Crippen LogP contribution in [0.15, 0.2) is 42.9 Å². The van der Waals surface area contributed by atoms with E-state index in [-0.39, 0.29) is 6.73 Å². The van der Waals surface area contributed by atoms with E-state index in [0.29, 0.717) is 49.3 Å². The number of methoxy groups -OCH3 is 1. The fourth-order valence-corrected chi connectivity index (χ4v) is 6.78. The van der Waals surface area contributed by atoms with Crippen LogP contribution in [0.3, 0.4) is 0 Å². The number of hydrogen-bond acceptors (Lipinski definition) is 8. The third kappa shape index (κ3) is 7.69. The first-order valence-electron chi connectivity index (χ1n) is 15.8. The van der Waals surface area contributed by atoms with Gasteiger partial charge in [-0.05, 0) is 36.7 Å². The van der Waals surface area contributed by atoms with Crippen LogP contribution in [0.2, 0.25) is 51.4 Å². The Morgan fingerprint density at radius 1 is 0.935 bits per heavy atom. The van der Waals surface area contributed by atoms with Crippen molar-refractivity contribution in [2.24, 2.45) is 0 Å². The van der Waals surface area contributed by atoms with Gasteiger partial charge in [0.15, 0.2) is 17.8 Å². The first-order valence-corrected chi connectivity index (χ1v) is 23.2. The monoisotopic (exact) mass is 658 g/mol. The first kappa shape index (κ1) is 33.8. The largest absolute Gasteiger partial charge is 0.380 e. The summed E-state index contributed by atoms with van der Waals surface area (Å²) in [5.41, 5.74) is 7.26. The molecule has 0 saturated carbocycles. The maximum Gasteiger partial charge on any atom is 0.164 e. The lowest BCUT2D eigenvalue weighted by Crippen LogP contribution is -2.22. The fraction of sp³-hybridized carbons (Fsp3) is 0.441. The molecule has 0 aliphatic rings. The molecule has 244 valence electrons. The van der Waals surface area contributed by atoms with Crippen molar-refractivity contribution in [2.75, 3.05) is 20.3 Å².